The maximum absolute atomic E-state index is 10.9. The third kappa shape index (κ3) is 19.9. The van der Waals surface area contributed by atoms with Crippen LogP contribution >= 0.6 is 0 Å². The second-order valence-electron chi connectivity index (χ2n) is 8.23. The van der Waals surface area contributed by atoms with Crippen LogP contribution in [0.4, 0.5) is 0 Å². The summed E-state index contributed by atoms with van der Waals surface area (Å²) < 4.78 is 39.8. The molecule has 1 heterocycles. The second-order valence-corrected chi connectivity index (χ2v) is 9.68. The van der Waals surface area contributed by atoms with Gasteiger partial charge in [0.05, 0.1) is 35.1 Å². The molecule has 0 saturated heterocycles. The van der Waals surface area contributed by atoms with Crippen molar-refractivity contribution in [2.45, 2.75) is 77.2 Å². The van der Waals surface area contributed by atoms with E-state index >= 15 is 0 Å². The Labute approximate surface area is 249 Å². The number of ether oxygens (including phenoxy) is 1. The molecule has 13 heteroatoms. The summed E-state index contributed by atoms with van der Waals surface area (Å²) >= 11 is 0. The summed E-state index contributed by atoms with van der Waals surface area (Å²) in [5, 5.41) is 20.5. The Hall–Kier alpha value is 0.730. The monoisotopic (exact) mass is 526 g/mol. The number of rotatable bonds is 19. The molecule has 190 valence electrons. The van der Waals surface area contributed by atoms with Crippen molar-refractivity contribution in [3.05, 3.63) is 0 Å². The minimum absolute atomic E-state index is 0. The molecule has 0 aliphatic carbocycles. The van der Waals surface area contributed by atoms with E-state index in [0.29, 0.717) is 19.6 Å². The molecule has 0 fully saturated rings. The van der Waals surface area contributed by atoms with E-state index in [0.717, 1.165) is 25.1 Å². The Morgan fingerprint density at radius 3 is 2.21 bits per heavy atom. The summed E-state index contributed by atoms with van der Waals surface area (Å²) in [5.41, 5.74) is 0. The third-order valence-electron chi connectivity index (χ3n) is 5.43. The average Bonchev–Trinajstić information content (AvgIpc) is 3.03. The van der Waals surface area contributed by atoms with Crippen molar-refractivity contribution in [1.29, 1.82) is 0 Å². The van der Waals surface area contributed by atoms with E-state index in [4.69, 9.17) is 4.74 Å². The number of aliphatic hydroxyl groups excluding tert-OH is 1. The smallest absolute Gasteiger partial charge is 0.870 e. The van der Waals surface area contributed by atoms with E-state index in [9.17, 15) is 28.0 Å². The van der Waals surface area contributed by atoms with Crippen LogP contribution < -0.4 is 64.2 Å². The first-order chi connectivity index (χ1) is 14.7. The number of carbonyl (C=O) groups is 1. The predicted molar refractivity (Wildman–Crippen MR) is 117 cm³/mol. The first kappa shape index (κ1) is 39.2. The van der Waals surface area contributed by atoms with Crippen molar-refractivity contribution in [3.63, 3.8) is 0 Å². The van der Waals surface area contributed by atoms with Gasteiger partial charge in [-0.1, -0.05) is 58.3 Å². The van der Waals surface area contributed by atoms with Crippen molar-refractivity contribution in [1.82, 2.24) is 4.90 Å². The third-order valence-corrected chi connectivity index (χ3v) is 6.22. The number of carboxylic acids is 1. The standard InChI is InChI=1S/C21H40N2O7S.2Na.H2O/c1-2-3-4-5-6-7-8-9-10-11-20-22(14-15-30-17-21(25)26)12-13-23(20)16-19(24)18-31(27,28)29;;;/h19,24H,2-18H2,1H3,(H-,25,26,27,28,29);;;1H2/q;2*+1;/p-2. The molecule has 0 spiro atoms. The van der Waals surface area contributed by atoms with E-state index in [1.165, 1.54) is 44.9 Å². The van der Waals surface area contributed by atoms with Gasteiger partial charge in [0.2, 0.25) is 5.84 Å². The predicted octanol–water partition coefficient (Wildman–Crippen LogP) is -5.86. The number of aliphatic carboxylic acids is 1. The Bertz CT molecular complexity index is 665. The van der Waals surface area contributed by atoms with Crippen molar-refractivity contribution >= 4 is 21.9 Å². The zero-order valence-corrected chi connectivity index (χ0v) is 26.1. The molecule has 1 rings (SSSR count). The largest absolute Gasteiger partial charge is 1.00 e. The van der Waals surface area contributed by atoms with Gasteiger partial charge in [-0.15, -0.1) is 0 Å². The van der Waals surface area contributed by atoms with Gasteiger partial charge >= 0.3 is 59.1 Å². The molecule has 0 amide bonds. The fourth-order valence-electron chi connectivity index (χ4n) is 3.92. The minimum Gasteiger partial charge on any atom is -0.870 e. The molecule has 0 radical (unpaired) electrons. The molecule has 1 aliphatic rings. The second kappa shape index (κ2) is 22.9. The maximum Gasteiger partial charge on any atom is 1.00 e. The number of hydrogen-bond acceptors (Lipinski definition) is 9. The van der Waals surface area contributed by atoms with E-state index in [-0.39, 0.29) is 77.7 Å². The van der Waals surface area contributed by atoms with Gasteiger partial charge in [0, 0.05) is 6.42 Å². The zero-order chi connectivity index (χ0) is 23.1. The number of aliphatic hydroxyl groups is 1. The van der Waals surface area contributed by atoms with Crippen molar-refractivity contribution in [2.24, 2.45) is 0 Å². The summed E-state index contributed by atoms with van der Waals surface area (Å²) in [4.78, 5) is 12.6. The number of carbonyl (C=O) groups excluding carboxylic acids is 1. The number of β-amino-alcohol motifs (C(OH)–C–C–N with tert-alkyl or cyclic N) is 1. The quantitative estimate of drug-likeness (QED) is 0.0747. The number of amidine groups is 1. The minimum atomic E-state index is -4.49. The van der Waals surface area contributed by atoms with Gasteiger partial charge in [-0.05, 0) is 6.42 Å². The summed E-state index contributed by atoms with van der Waals surface area (Å²) in [7, 11) is -4.49. The fourth-order valence-corrected chi connectivity index (χ4v) is 4.50. The van der Waals surface area contributed by atoms with E-state index in [1.807, 2.05) is 4.58 Å². The van der Waals surface area contributed by atoms with Gasteiger partial charge in [0.25, 0.3) is 0 Å². The summed E-state index contributed by atoms with van der Waals surface area (Å²) in [5.74, 6) is -1.07. The van der Waals surface area contributed by atoms with Crippen molar-refractivity contribution in [2.75, 3.05) is 45.1 Å². The van der Waals surface area contributed by atoms with Crippen LogP contribution in [0, 0.1) is 0 Å². The molecule has 0 aromatic rings. The number of nitrogens with zero attached hydrogens (tertiary/aromatic N) is 2. The summed E-state index contributed by atoms with van der Waals surface area (Å²) in [6.07, 6.45) is 10.4. The molecule has 1 unspecified atom stereocenters. The van der Waals surface area contributed by atoms with Gasteiger partial charge in [0.15, 0.2) is 0 Å². The first-order valence-corrected chi connectivity index (χ1v) is 13.1. The van der Waals surface area contributed by atoms with Gasteiger partial charge in [-0.25, -0.2) is 8.42 Å². The molecular weight excluding hydrogens is 486 g/mol. The van der Waals surface area contributed by atoms with Crippen LogP contribution in [0.5, 0.6) is 0 Å². The van der Waals surface area contributed by atoms with Gasteiger partial charge in [-0.3, -0.25) is 9.48 Å². The topological polar surface area (TPSA) is 163 Å². The van der Waals surface area contributed by atoms with Gasteiger partial charge in [-0.2, -0.15) is 0 Å². The van der Waals surface area contributed by atoms with Crippen LogP contribution in [0.2, 0.25) is 0 Å². The molecule has 34 heavy (non-hydrogen) atoms. The molecule has 0 saturated carbocycles. The van der Waals surface area contributed by atoms with Crippen LogP contribution in [0.3, 0.4) is 0 Å². The molecule has 0 aromatic heterocycles. The van der Waals surface area contributed by atoms with Crippen molar-refractivity contribution in [3.8, 4) is 0 Å². The molecule has 2 N–H and O–H groups in total. The van der Waals surface area contributed by atoms with Crippen LogP contribution in [0.25, 0.3) is 0 Å². The van der Waals surface area contributed by atoms with E-state index < -0.39 is 34.6 Å². The van der Waals surface area contributed by atoms with E-state index in [2.05, 4.69) is 11.8 Å². The first-order valence-electron chi connectivity index (χ1n) is 11.5. The molecule has 0 aromatic carbocycles. The van der Waals surface area contributed by atoms with Crippen LogP contribution in [-0.4, -0.2) is 96.1 Å². The van der Waals surface area contributed by atoms with Crippen molar-refractivity contribution < 1.29 is 102 Å². The van der Waals surface area contributed by atoms with Crippen LogP contribution in [-0.2, 0) is 19.6 Å². The Balaban J connectivity index is -0.00000320. The Morgan fingerprint density at radius 1 is 1.12 bits per heavy atom. The molecule has 1 aliphatic heterocycles. The van der Waals surface area contributed by atoms with Crippen LogP contribution in [0.1, 0.15) is 71.1 Å². The van der Waals surface area contributed by atoms with Crippen LogP contribution in [0.15, 0.2) is 0 Å². The zero-order valence-electron chi connectivity index (χ0n) is 21.2. The summed E-state index contributed by atoms with van der Waals surface area (Å²) in [6, 6.07) is 0. The number of hydrogen-bond donors (Lipinski definition) is 1. The number of carboxylic acid groups (broad SMARTS) is 1. The summed E-state index contributed by atoms with van der Waals surface area (Å²) in [6.45, 7) is 3.88. The molecule has 0 bridgehead atoms. The molecule has 10 nitrogen and oxygen atoms in total. The Kier molecular flexibility index (Phi) is 26.4. The molecule has 1 atom stereocenters. The van der Waals surface area contributed by atoms with Gasteiger partial charge in [0.1, 0.15) is 32.3 Å². The maximum atomic E-state index is 10.9. The SMILES string of the molecule is CCCCCCCCCCCC1=[N+](CC(O)CS(=O)(=O)[O-])CCN1CCOCC(=O)[O-].[Na+].[Na+].[OH-]. The normalized spacial score (nSPS) is 14.3. The van der Waals surface area contributed by atoms with E-state index in [1.54, 1.807) is 0 Å². The fraction of sp³-hybridized carbons (Fsp3) is 0.905. The average molecular weight is 527 g/mol. The number of unbranched alkanes of at least 4 members (excludes halogenated alkanes) is 8. The van der Waals surface area contributed by atoms with Gasteiger partial charge < -0.3 is 29.8 Å². The Morgan fingerprint density at radius 2 is 1.68 bits per heavy atom. The molecular formula is C21H40N2Na2O8S.